The lowest BCUT2D eigenvalue weighted by atomic mass is 9.76. The first-order valence-electron chi connectivity index (χ1n) is 5.81. The van der Waals surface area contributed by atoms with Gasteiger partial charge in [-0.1, -0.05) is 23.3 Å². The van der Waals surface area contributed by atoms with Crippen molar-refractivity contribution in [1.82, 2.24) is 0 Å². The highest BCUT2D eigenvalue weighted by atomic mass is 35.5. The van der Waals surface area contributed by atoms with Crippen molar-refractivity contribution in [2.75, 3.05) is 0 Å². The van der Waals surface area contributed by atoms with Crippen molar-refractivity contribution in [2.24, 2.45) is 5.92 Å². The minimum atomic E-state index is -0.722. The smallest absolute Gasteiger partial charge is 0.185 e. The van der Waals surface area contributed by atoms with Crippen molar-refractivity contribution < 1.29 is 9.50 Å². The van der Waals surface area contributed by atoms with Gasteiger partial charge in [0.1, 0.15) is 0 Å². The van der Waals surface area contributed by atoms with Crippen LogP contribution >= 0.6 is 11.6 Å². The van der Waals surface area contributed by atoms with Crippen LogP contribution in [0.4, 0.5) is 4.39 Å². The zero-order valence-corrected chi connectivity index (χ0v) is 10.7. The Balaban J connectivity index is 2.47. The van der Waals surface area contributed by atoms with Gasteiger partial charge in [0, 0.05) is 0 Å². The topological polar surface area (TPSA) is 20.2 Å². The standard InChI is InChI=1S/C13H20ClFO/c1-10-5-7-11(8-6-10)13(2,16)9-3-4-12(14)15/h4-5,11,16H,3,6-9H2,1-2H3/b12-4+/t11-,13+/m1/s1. The van der Waals surface area contributed by atoms with Crippen LogP contribution in [0.15, 0.2) is 23.0 Å². The molecule has 1 N–H and O–H groups in total. The molecule has 1 nitrogen and oxygen atoms in total. The molecule has 0 fully saturated rings. The van der Waals surface area contributed by atoms with Gasteiger partial charge in [-0.05, 0) is 57.9 Å². The number of hydrogen-bond acceptors (Lipinski definition) is 1. The van der Waals surface area contributed by atoms with Gasteiger partial charge in [-0.25, -0.2) is 0 Å². The molecule has 0 unspecified atom stereocenters. The van der Waals surface area contributed by atoms with Crippen LogP contribution in [0.25, 0.3) is 0 Å². The van der Waals surface area contributed by atoms with Gasteiger partial charge in [-0.2, -0.15) is 4.39 Å². The van der Waals surface area contributed by atoms with Gasteiger partial charge in [0.25, 0.3) is 0 Å². The Kier molecular flexibility index (Phi) is 5.00. The van der Waals surface area contributed by atoms with Crippen LogP contribution in [-0.4, -0.2) is 10.7 Å². The van der Waals surface area contributed by atoms with Crippen molar-refractivity contribution >= 4 is 11.6 Å². The number of aliphatic hydroxyl groups is 1. The monoisotopic (exact) mass is 246 g/mol. The molecule has 92 valence electrons. The van der Waals surface area contributed by atoms with E-state index in [1.54, 1.807) is 0 Å². The van der Waals surface area contributed by atoms with Gasteiger partial charge in [0.05, 0.1) is 5.60 Å². The first-order chi connectivity index (χ1) is 7.42. The summed E-state index contributed by atoms with van der Waals surface area (Å²) in [7, 11) is 0. The van der Waals surface area contributed by atoms with E-state index in [0.717, 1.165) is 19.3 Å². The van der Waals surface area contributed by atoms with E-state index in [-0.39, 0.29) is 5.92 Å². The van der Waals surface area contributed by atoms with E-state index < -0.39 is 10.9 Å². The van der Waals surface area contributed by atoms with Crippen molar-refractivity contribution in [3.05, 3.63) is 23.0 Å². The second kappa shape index (κ2) is 5.83. The predicted octanol–water partition coefficient (Wildman–Crippen LogP) is 4.31. The molecule has 0 spiro atoms. The fraction of sp³-hybridized carbons (Fsp3) is 0.692. The van der Waals surface area contributed by atoms with E-state index in [2.05, 4.69) is 13.0 Å². The molecule has 0 bridgehead atoms. The summed E-state index contributed by atoms with van der Waals surface area (Å²) in [4.78, 5) is 0. The molecular weight excluding hydrogens is 227 g/mol. The van der Waals surface area contributed by atoms with Crippen molar-refractivity contribution in [2.45, 2.75) is 51.6 Å². The van der Waals surface area contributed by atoms with E-state index in [4.69, 9.17) is 11.6 Å². The highest BCUT2D eigenvalue weighted by Crippen LogP contribution is 2.34. The van der Waals surface area contributed by atoms with Crippen LogP contribution in [-0.2, 0) is 0 Å². The van der Waals surface area contributed by atoms with Gasteiger partial charge in [0.2, 0.25) is 0 Å². The second-order valence-electron chi connectivity index (χ2n) is 4.91. The number of allylic oxidation sites excluding steroid dienone is 3. The molecule has 0 aromatic carbocycles. The van der Waals surface area contributed by atoms with Gasteiger partial charge >= 0.3 is 0 Å². The molecule has 16 heavy (non-hydrogen) atoms. The molecule has 0 aliphatic heterocycles. The SMILES string of the molecule is CC1=CC[C@@H]([C@@](C)(O)CC/C=C(/F)Cl)CC1. The van der Waals surface area contributed by atoms with Crippen LogP contribution in [0.5, 0.6) is 0 Å². The lowest BCUT2D eigenvalue weighted by molar-refractivity contribution is -0.0122. The molecule has 0 amide bonds. The van der Waals surface area contributed by atoms with Crippen LogP contribution in [0, 0.1) is 5.92 Å². The van der Waals surface area contributed by atoms with E-state index in [9.17, 15) is 9.50 Å². The quantitative estimate of drug-likeness (QED) is 0.733. The molecule has 0 radical (unpaired) electrons. The fourth-order valence-electron chi connectivity index (χ4n) is 2.21. The minimum absolute atomic E-state index is 0.281. The summed E-state index contributed by atoms with van der Waals surface area (Å²) in [5.41, 5.74) is 0.679. The molecule has 1 aliphatic carbocycles. The van der Waals surface area contributed by atoms with Crippen molar-refractivity contribution in [1.29, 1.82) is 0 Å². The third kappa shape index (κ3) is 4.26. The fourth-order valence-corrected chi connectivity index (χ4v) is 2.32. The molecule has 0 saturated heterocycles. The van der Waals surface area contributed by atoms with Gasteiger partial charge in [0.15, 0.2) is 5.29 Å². The Morgan fingerprint density at radius 3 is 2.94 bits per heavy atom. The predicted molar refractivity (Wildman–Crippen MR) is 66.0 cm³/mol. The highest BCUT2D eigenvalue weighted by Gasteiger charge is 2.31. The number of halogens is 2. The first-order valence-corrected chi connectivity index (χ1v) is 6.19. The zero-order valence-electron chi connectivity index (χ0n) is 9.97. The minimum Gasteiger partial charge on any atom is -0.390 e. The normalized spacial score (nSPS) is 26.2. The molecule has 0 aromatic heterocycles. The van der Waals surface area contributed by atoms with Gasteiger partial charge in [-0.3, -0.25) is 0 Å². The van der Waals surface area contributed by atoms with E-state index in [0.29, 0.717) is 12.8 Å². The third-order valence-corrected chi connectivity index (χ3v) is 3.62. The third-order valence-electron chi connectivity index (χ3n) is 3.47. The molecule has 0 heterocycles. The summed E-state index contributed by atoms with van der Waals surface area (Å²) in [6.07, 6.45) is 7.56. The molecule has 0 saturated carbocycles. The van der Waals surface area contributed by atoms with Crippen molar-refractivity contribution in [3.8, 4) is 0 Å². The first kappa shape index (κ1) is 13.7. The summed E-state index contributed by atoms with van der Waals surface area (Å²) >= 11 is 5.11. The molecule has 0 aromatic rings. The van der Waals surface area contributed by atoms with E-state index in [1.165, 1.54) is 11.6 Å². The average molecular weight is 247 g/mol. The summed E-state index contributed by atoms with van der Waals surface area (Å²) < 4.78 is 12.3. The highest BCUT2D eigenvalue weighted by molar-refractivity contribution is 6.28. The lowest BCUT2D eigenvalue weighted by Crippen LogP contribution is -2.35. The van der Waals surface area contributed by atoms with Crippen LogP contribution in [0.1, 0.15) is 46.0 Å². The maximum atomic E-state index is 12.3. The van der Waals surface area contributed by atoms with Gasteiger partial charge < -0.3 is 5.11 Å². The zero-order chi connectivity index (χ0) is 12.2. The summed E-state index contributed by atoms with van der Waals surface area (Å²) in [5.74, 6) is 0.281. The Hall–Kier alpha value is -0.340. The Morgan fingerprint density at radius 1 is 1.75 bits per heavy atom. The molecule has 3 heteroatoms. The van der Waals surface area contributed by atoms with Crippen molar-refractivity contribution in [3.63, 3.8) is 0 Å². The molecule has 2 atom stereocenters. The largest absolute Gasteiger partial charge is 0.390 e. The Labute approximate surface area is 102 Å². The van der Waals surface area contributed by atoms with Gasteiger partial charge in [-0.15, -0.1) is 0 Å². The molecule has 1 aliphatic rings. The van der Waals surface area contributed by atoms with E-state index >= 15 is 0 Å². The molecule has 1 rings (SSSR count). The molecular formula is C13H20ClFO. The maximum Gasteiger partial charge on any atom is 0.185 e. The van der Waals surface area contributed by atoms with E-state index in [1.807, 2.05) is 6.92 Å². The number of hydrogen-bond donors (Lipinski definition) is 1. The van der Waals surface area contributed by atoms with Crippen LogP contribution in [0.2, 0.25) is 0 Å². The lowest BCUT2D eigenvalue weighted by Gasteiger charge is -2.34. The number of rotatable bonds is 4. The van der Waals surface area contributed by atoms with Crippen LogP contribution in [0.3, 0.4) is 0 Å². The Morgan fingerprint density at radius 2 is 2.44 bits per heavy atom. The average Bonchev–Trinajstić information content (AvgIpc) is 2.17. The maximum absolute atomic E-state index is 12.3. The Bertz CT molecular complexity index is 290. The summed E-state index contributed by atoms with van der Waals surface area (Å²) in [6, 6.07) is 0. The summed E-state index contributed by atoms with van der Waals surface area (Å²) in [6.45, 7) is 3.96. The van der Waals surface area contributed by atoms with Crippen LogP contribution < -0.4 is 0 Å². The summed E-state index contributed by atoms with van der Waals surface area (Å²) in [5, 5.41) is 9.63. The second-order valence-corrected chi connectivity index (χ2v) is 5.27.